The van der Waals surface area contributed by atoms with Crippen LogP contribution in [0.5, 0.6) is 0 Å². The molecule has 5 heteroatoms. The molecule has 17 heavy (non-hydrogen) atoms. The number of hydrogen-bond donors (Lipinski definition) is 0. The summed E-state index contributed by atoms with van der Waals surface area (Å²) in [5.74, 6) is 1.13. The molecule has 1 aliphatic rings. The van der Waals surface area contributed by atoms with Crippen LogP contribution in [0.25, 0.3) is 5.65 Å². The predicted molar refractivity (Wildman–Crippen MR) is 68.8 cm³/mol. The lowest BCUT2D eigenvalue weighted by Crippen LogP contribution is -2.35. The SMILES string of the molecule is Cc1cc(N2CCC(Cl)CC2)n2ncnc2c1. The van der Waals surface area contributed by atoms with E-state index in [1.807, 2.05) is 10.6 Å². The smallest absolute Gasteiger partial charge is 0.157 e. The summed E-state index contributed by atoms with van der Waals surface area (Å²) in [5.41, 5.74) is 2.13. The molecule has 90 valence electrons. The van der Waals surface area contributed by atoms with Crippen molar-refractivity contribution < 1.29 is 0 Å². The third-order valence-corrected chi connectivity index (χ3v) is 3.69. The molecule has 1 aliphatic heterocycles. The summed E-state index contributed by atoms with van der Waals surface area (Å²) in [5, 5.41) is 4.61. The number of piperidine rings is 1. The Bertz CT molecular complexity index is 528. The molecule has 4 nitrogen and oxygen atoms in total. The number of pyridine rings is 1. The van der Waals surface area contributed by atoms with Crippen molar-refractivity contribution in [1.82, 2.24) is 14.6 Å². The molecule has 1 fully saturated rings. The molecule has 3 heterocycles. The second-order valence-corrected chi connectivity index (χ2v) is 5.20. The van der Waals surface area contributed by atoms with Crippen LogP contribution in [0.2, 0.25) is 0 Å². The molecule has 0 amide bonds. The van der Waals surface area contributed by atoms with Gasteiger partial charge in [-0.05, 0) is 37.5 Å². The lowest BCUT2D eigenvalue weighted by atomic mass is 10.1. The van der Waals surface area contributed by atoms with E-state index < -0.39 is 0 Å². The number of aryl methyl sites for hydroxylation is 1. The number of fused-ring (bicyclic) bond motifs is 1. The number of aromatic nitrogens is 3. The summed E-state index contributed by atoms with van der Waals surface area (Å²) < 4.78 is 1.90. The topological polar surface area (TPSA) is 33.4 Å². The lowest BCUT2D eigenvalue weighted by molar-refractivity contribution is 0.575. The van der Waals surface area contributed by atoms with E-state index in [-0.39, 0.29) is 0 Å². The van der Waals surface area contributed by atoms with E-state index in [2.05, 4.69) is 28.0 Å². The number of anilines is 1. The monoisotopic (exact) mass is 250 g/mol. The van der Waals surface area contributed by atoms with Crippen LogP contribution in [0.1, 0.15) is 18.4 Å². The summed E-state index contributed by atoms with van der Waals surface area (Å²) in [6.07, 6.45) is 3.67. The van der Waals surface area contributed by atoms with E-state index in [1.165, 1.54) is 5.56 Å². The van der Waals surface area contributed by atoms with Crippen LogP contribution in [-0.4, -0.2) is 33.1 Å². The Morgan fingerprint density at radius 3 is 2.82 bits per heavy atom. The highest BCUT2D eigenvalue weighted by molar-refractivity contribution is 6.20. The maximum Gasteiger partial charge on any atom is 0.157 e. The highest BCUT2D eigenvalue weighted by atomic mass is 35.5. The second-order valence-electron chi connectivity index (χ2n) is 4.58. The van der Waals surface area contributed by atoms with E-state index in [0.717, 1.165) is 37.4 Å². The Labute approximate surface area is 105 Å². The molecule has 0 bridgehead atoms. The summed E-state index contributed by atoms with van der Waals surface area (Å²) in [4.78, 5) is 6.59. The Kier molecular flexibility index (Phi) is 2.67. The molecule has 0 N–H and O–H groups in total. The largest absolute Gasteiger partial charge is 0.356 e. The van der Waals surface area contributed by atoms with Gasteiger partial charge in [0.05, 0.1) is 0 Å². The van der Waals surface area contributed by atoms with Crippen LogP contribution in [-0.2, 0) is 0 Å². The highest BCUT2D eigenvalue weighted by Gasteiger charge is 2.19. The number of alkyl halides is 1. The van der Waals surface area contributed by atoms with Gasteiger partial charge >= 0.3 is 0 Å². The maximum absolute atomic E-state index is 6.14. The van der Waals surface area contributed by atoms with Crippen molar-refractivity contribution in [3.63, 3.8) is 0 Å². The fraction of sp³-hybridized carbons (Fsp3) is 0.500. The van der Waals surface area contributed by atoms with Gasteiger partial charge in [0, 0.05) is 18.5 Å². The van der Waals surface area contributed by atoms with Gasteiger partial charge in [-0.25, -0.2) is 4.98 Å². The fourth-order valence-electron chi connectivity index (χ4n) is 2.34. The molecule has 0 aliphatic carbocycles. The molecular weight excluding hydrogens is 236 g/mol. The zero-order chi connectivity index (χ0) is 11.8. The third-order valence-electron chi connectivity index (χ3n) is 3.25. The minimum Gasteiger partial charge on any atom is -0.356 e. The Morgan fingerprint density at radius 2 is 2.06 bits per heavy atom. The van der Waals surface area contributed by atoms with Crippen LogP contribution in [0.15, 0.2) is 18.5 Å². The predicted octanol–water partition coefficient (Wildman–Crippen LogP) is 2.25. The molecular formula is C12H15ClN4. The lowest BCUT2D eigenvalue weighted by Gasteiger charge is -2.31. The zero-order valence-corrected chi connectivity index (χ0v) is 10.6. The van der Waals surface area contributed by atoms with Crippen LogP contribution in [0.4, 0.5) is 5.82 Å². The normalized spacial score (nSPS) is 17.9. The van der Waals surface area contributed by atoms with Gasteiger partial charge in [0.2, 0.25) is 0 Å². The van der Waals surface area contributed by atoms with Crippen molar-refractivity contribution in [2.45, 2.75) is 25.1 Å². The standard InChI is InChI=1S/C12H15ClN4/c1-9-6-11-14-8-15-17(11)12(7-9)16-4-2-10(13)3-5-16/h6-8,10H,2-5H2,1H3. The van der Waals surface area contributed by atoms with E-state index >= 15 is 0 Å². The first-order chi connectivity index (χ1) is 8.24. The van der Waals surface area contributed by atoms with Crippen LogP contribution in [0.3, 0.4) is 0 Å². The van der Waals surface area contributed by atoms with Gasteiger partial charge in [-0.15, -0.1) is 11.6 Å². The van der Waals surface area contributed by atoms with Crippen LogP contribution in [0, 0.1) is 6.92 Å². The van der Waals surface area contributed by atoms with Gasteiger partial charge in [0.1, 0.15) is 12.1 Å². The fourth-order valence-corrected chi connectivity index (χ4v) is 2.53. The molecule has 2 aromatic heterocycles. The van der Waals surface area contributed by atoms with Crippen LogP contribution >= 0.6 is 11.6 Å². The first-order valence-corrected chi connectivity index (χ1v) is 6.37. The van der Waals surface area contributed by atoms with E-state index in [4.69, 9.17) is 11.6 Å². The maximum atomic E-state index is 6.14. The molecule has 0 aromatic carbocycles. The van der Waals surface area contributed by atoms with Gasteiger partial charge in [-0.3, -0.25) is 0 Å². The molecule has 0 saturated carbocycles. The van der Waals surface area contributed by atoms with Gasteiger partial charge < -0.3 is 4.90 Å². The molecule has 3 rings (SSSR count). The van der Waals surface area contributed by atoms with E-state index in [0.29, 0.717) is 5.38 Å². The second kappa shape index (κ2) is 4.18. The highest BCUT2D eigenvalue weighted by Crippen LogP contribution is 2.23. The van der Waals surface area contributed by atoms with Crippen molar-refractivity contribution >= 4 is 23.1 Å². The van der Waals surface area contributed by atoms with E-state index in [9.17, 15) is 0 Å². The molecule has 0 radical (unpaired) electrons. The quantitative estimate of drug-likeness (QED) is 0.728. The molecule has 0 atom stereocenters. The number of hydrogen-bond acceptors (Lipinski definition) is 3. The van der Waals surface area contributed by atoms with Crippen molar-refractivity contribution in [1.29, 1.82) is 0 Å². The number of halogens is 1. The summed E-state index contributed by atoms with van der Waals surface area (Å²) >= 11 is 6.14. The van der Waals surface area contributed by atoms with Crippen molar-refractivity contribution in [3.8, 4) is 0 Å². The third kappa shape index (κ3) is 1.97. The summed E-state index contributed by atoms with van der Waals surface area (Å²) in [6, 6.07) is 4.21. The van der Waals surface area contributed by atoms with Crippen molar-refractivity contribution in [2.24, 2.45) is 0 Å². The summed E-state index contributed by atoms with van der Waals surface area (Å²) in [7, 11) is 0. The minimum absolute atomic E-state index is 0.322. The van der Waals surface area contributed by atoms with Gasteiger partial charge in [-0.1, -0.05) is 0 Å². The first kappa shape index (κ1) is 10.8. The Balaban J connectivity index is 2.01. The average Bonchev–Trinajstić information content (AvgIpc) is 2.77. The van der Waals surface area contributed by atoms with Crippen molar-refractivity contribution in [2.75, 3.05) is 18.0 Å². The average molecular weight is 251 g/mol. The first-order valence-electron chi connectivity index (χ1n) is 5.93. The minimum atomic E-state index is 0.322. The molecule has 0 spiro atoms. The Morgan fingerprint density at radius 1 is 1.29 bits per heavy atom. The Hall–Kier alpha value is -1.29. The zero-order valence-electron chi connectivity index (χ0n) is 9.80. The molecule has 0 unspecified atom stereocenters. The van der Waals surface area contributed by atoms with Gasteiger partial charge in [0.25, 0.3) is 0 Å². The van der Waals surface area contributed by atoms with E-state index in [1.54, 1.807) is 6.33 Å². The van der Waals surface area contributed by atoms with Gasteiger partial charge in [-0.2, -0.15) is 9.61 Å². The molecule has 2 aromatic rings. The van der Waals surface area contributed by atoms with Gasteiger partial charge in [0.15, 0.2) is 5.65 Å². The molecule has 1 saturated heterocycles. The number of rotatable bonds is 1. The van der Waals surface area contributed by atoms with Crippen molar-refractivity contribution in [3.05, 3.63) is 24.0 Å². The summed E-state index contributed by atoms with van der Waals surface area (Å²) in [6.45, 7) is 4.08. The van der Waals surface area contributed by atoms with Crippen LogP contribution < -0.4 is 4.90 Å². The number of nitrogens with zero attached hydrogens (tertiary/aromatic N) is 4.